The average molecular weight is 374 g/mol. The molecule has 0 spiro atoms. The lowest BCUT2D eigenvalue weighted by Gasteiger charge is -2.13. The van der Waals surface area contributed by atoms with Gasteiger partial charge >= 0.3 is 11.6 Å². The van der Waals surface area contributed by atoms with Crippen LogP contribution in [0.25, 0.3) is 22.5 Å². The van der Waals surface area contributed by atoms with E-state index in [-0.39, 0.29) is 17.1 Å². The van der Waals surface area contributed by atoms with E-state index in [1.807, 2.05) is 43.3 Å². The van der Waals surface area contributed by atoms with Crippen molar-refractivity contribution in [2.45, 2.75) is 20.3 Å². The molecule has 0 atom stereocenters. The third-order valence-electron chi connectivity index (χ3n) is 4.60. The summed E-state index contributed by atoms with van der Waals surface area (Å²) in [7, 11) is 0. The molecule has 0 fully saturated rings. The maximum absolute atomic E-state index is 12.6. The van der Waals surface area contributed by atoms with Gasteiger partial charge in [0, 0.05) is 10.9 Å². The summed E-state index contributed by atoms with van der Waals surface area (Å²) in [5.74, 6) is 0.403. The molecule has 0 unspecified atom stereocenters. The molecule has 2 aromatic heterocycles. The first kappa shape index (κ1) is 17.8. The van der Waals surface area contributed by atoms with Gasteiger partial charge in [0.05, 0.1) is 11.1 Å². The molecule has 0 saturated carbocycles. The zero-order chi connectivity index (χ0) is 19.7. The molecule has 0 amide bonds. The Kier molecular flexibility index (Phi) is 4.57. The van der Waals surface area contributed by atoms with Gasteiger partial charge < -0.3 is 13.6 Å². The van der Waals surface area contributed by atoms with Crippen molar-refractivity contribution in [3.05, 3.63) is 87.8 Å². The molecule has 0 aliphatic carbocycles. The van der Waals surface area contributed by atoms with Crippen LogP contribution in [0, 0.1) is 6.92 Å². The van der Waals surface area contributed by atoms with E-state index in [0.29, 0.717) is 28.9 Å². The zero-order valence-corrected chi connectivity index (χ0v) is 15.5. The van der Waals surface area contributed by atoms with Gasteiger partial charge in [0.1, 0.15) is 11.3 Å². The Balaban J connectivity index is 1.85. The van der Waals surface area contributed by atoms with Gasteiger partial charge in [-0.3, -0.25) is 0 Å². The van der Waals surface area contributed by atoms with Crippen LogP contribution in [0.2, 0.25) is 0 Å². The van der Waals surface area contributed by atoms with Crippen molar-refractivity contribution in [1.29, 1.82) is 0 Å². The Morgan fingerprint density at radius 1 is 1.00 bits per heavy atom. The number of carbonyl (C=O) groups excluding carboxylic acids is 1. The molecule has 5 nitrogen and oxygen atoms in total. The van der Waals surface area contributed by atoms with Crippen molar-refractivity contribution in [3.8, 4) is 17.3 Å². The normalized spacial score (nSPS) is 10.9. The maximum Gasteiger partial charge on any atom is 0.343 e. The summed E-state index contributed by atoms with van der Waals surface area (Å²) in [6.07, 6.45) is 0.494. The van der Waals surface area contributed by atoms with Crippen LogP contribution < -0.4 is 10.4 Å². The van der Waals surface area contributed by atoms with Crippen molar-refractivity contribution in [2.75, 3.05) is 0 Å². The number of carbonyl (C=O) groups is 1. The summed E-state index contributed by atoms with van der Waals surface area (Å²) in [6, 6.07) is 18.0. The predicted octanol–water partition coefficient (Wildman–Crippen LogP) is 5.14. The summed E-state index contributed by atoms with van der Waals surface area (Å²) in [4.78, 5) is 25.0. The molecule has 4 aromatic rings. The highest BCUT2D eigenvalue weighted by atomic mass is 16.5. The lowest BCUT2D eigenvalue weighted by molar-refractivity contribution is 0.0731. The van der Waals surface area contributed by atoms with Crippen LogP contribution >= 0.6 is 0 Å². The molecule has 5 heteroatoms. The summed E-state index contributed by atoms with van der Waals surface area (Å²) in [5.41, 5.74) is 1.39. The maximum atomic E-state index is 12.6. The number of benzene rings is 2. The SMILES string of the molecule is CCc1c(-c2cc3ccccc3o2)oc(=O)c(C)c1OC(=O)c1ccccc1. The molecule has 0 aliphatic heterocycles. The highest BCUT2D eigenvalue weighted by Crippen LogP contribution is 2.35. The molecule has 2 heterocycles. The number of furan rings is 1. The number of para-hydroxylation sites is 1. The molecule has 0 radical (unpaired) electrons. The lowest BCUT2D eigenvalue weighted by atomic mass is 10.1. The minimum Gasteiger partial charge on any atom is -0.453 e. The highest BCUT2D eigenvalue weighted by molar-refractivity contribution is 5.91. The summed E-state index contributed by atoms with van der Waals surface area (Å²) in [6.45, 7) is 3.49. The van der Waals surface area contributed by atoms with Gasteiger partial charge in [-0.05, 0) is 37.6 Å². The van der Waals surface area contributed by atoms with Gasteiger partial charge in [0.25, 0.3) is 0 Å². The van der Waals surface area contributed by atoms with Crippen LogP contribution in [-0.4, -0.2) is 5.97 Å². The second-order valence-electron chi connectivity index (χ2n) is 6.41. The van der Waals surface area contributed by atoms with Gasteiger partial charge in [-0.15, -0.1) is 0 Å². The molecule has 2 aromatic carbocycles. The topological polar surface area (TPSA) is 69.7 Å². The molecular weight excluding hydrogens is 356 g/mol. The Bertz CT molecular complexity index is 1180. The van der Waals surface area contributed by atoms with E-state index >= 15 is 0 Å². The summed E-state index contributed by atoms with van der Waals surface area (Å²) in [5, 5.41) is 0.894. The molecule has 0 N–H and O–H groups in total. The minimum atomic E-state index is -0.566. The van der Waals surface area contributed by atoms with Gasteiger partial charge in [-0.2, -0.15) is 0 Å². The molecule has 0 aliphatic rings. The second-order valence-corrected chi connectivity index (χ2v) is 6.41. The summed E-state index contributed by atoms with van der Waals surface area (Å²) < 4.78 is 17.0. The Morgan fingerprint density at radius 3 is 2.43 bits per heavy atom. The largest absolute Gasteiger partial charge is 0.453 e. The van der Waals surface area contributed by atoms with Gasteiger partial charge in [-0.1, -0.05) is 43.3 Å². The van der Waals surface area contributed by atoms with E-state index < -0.39 is 11.6 Å². The standard InChI is InChI=1S/C23H18O5/c1-3-17-20(27-23(25)15-9-5-4-6-10-15)14(2)22(24)28-21(17)19-13-16-11-7-8-12-18(16)26-19/h4-13H,3H2,1-2H3. The number of rotatable bonds is 4. The lowest BCUT2D eigenvalue weighted by Crippen LogP contribution is -2.16. The third-order valence-corrected chi connectivity index (χ3v) is 4.60. The third kappa shape index (κ3) is 3.11. The minimum absolute atomic E-state index is 0.225. The predicted molar refractivity (Wildman–Crippen MR) is 106 cm³/mol. The van der Waals surface area contributed by atoms with E-state index in [0.717, 1.165) is 5.39 Å². The van der Waals surface area contributed by atoms with Crippen LogP contribution in [-0.2, 0) is 6.42 Å². The van der Waals surface area contributed by atoms with Crippen molar-refractivity contribution in [1.82, 2.24) is 0 Å². The van der Waals surface area contributed by atoms with E-state index in [4.69, 9.17) is 13.6 Å². The molecule has 28 heavy (non-hydrogen) atoms. The molecule has 0 bridgehead atoms. The van der Waals surface area contributed by atoms with Crippen molar-refractivity contribution < 1.29 is 18.4 Å². The number of ether oxygens (including phenoxy) is 1. The van der Waals surface area contributed by atoms with Gasteiger partial charge in [-0.25, -0.2) is 9.59 Å². The Morgan fingerprint density at radius 2 is 1.71 bits per heavy atom. The van der Waals surface area contributed by atoms with Crippen LogP contribution in [0.3, 0.4) is 0 Å². The number of esters is 1. The Hall–Kier alpha value is -3.60. The van der Waals surface area contributed by atoms with E-state index in [9.17, 15) is 9.59 Å². The monoisotopic (exact) mass is 374 g/mol. The van der Waals surface area contributed by atoms with Gasteiger partial charge in [0.15, 0.2) is 11.5 Å². The van der Waals surface area contributed by atoms with Crippen molar-refractivity contribution >= 4 is 16.9 Å². The smallest absolute Gasteiger partial charge is 0.343 e. The van der Waals surface area contributed by atoms with Crippen LogP contribution in [0.15, 0.2) is 74.3 Å². The van der Waals surface area contributed by atoms with E-state index in [1.165, 1.54) is 0 Å². The average Bonchev–Trinajstić information content (AvgIpc) is 3.16. The number of hydrogen-bond acceptors (Lipinski definition) is 5. The first-order valence-corrected chi connectivity index (χ1v) is 9.01. The molecule has 4 rings (SSSR count). The highest BCUT2D eigenvalue weighted by Gasteiger charge is 2.23. The first-order chi connectivity index (χ1) is 13.6. The Labute approximate surface area is 161 Å². The fraction of sp³-hybridized carbons (Fsp3) is 0.130. The fourth-order valence-corrected chi connectivity index (χ4v) is 3.13. The number of hydrogen-bond donors (Lipinski definition) is 0. The first-order valence-electron chi connectivity index (χ1n) is 9.01. The second kappa shape index (κ2) is 7.19. The fourth-order valence-electron chi connectivity index (χ4n) is 3.13. The zero-order valence-electron chi connectivity index (χ0n) is 15.5. The van der Waals surface area contributed by atoms with Crippen molar-refractivity contribution in [2.24, 2.45) is 0 Å². The van der Waals surface area contributed by atoms with Crippen LogP contribution in [0.1, 0.15) is 28.4 Å². The van der Waals surface area contributed by atoms with Crippen LogP contribution in [0.5, 0.6) is 5.75 Å². The quantitative estimate of drug-likeness (QED) is 0.463. The van der Waals surface area contributed by atoms with Gasteiger partial charge in [0.2, 0.25) is 0 Å². The number of fused-ring (bicyclic) bond motifs is 1. The summed E-state index contributed by atoms with van der Waals surface area (Å²) >= 11 is 0. The van der Waals surface area contributed by atoms with E-state index in [1.54, 1.807) is 31.2 Å². The van der Waals surface area contributed by atoms with Crippen molar-refractivity contribution in [3.63, 3.8) is 0 Å². The molecular formula is C23H18O5. The van der Waals surface area contributed by atoms with E-state index in [2.05, 4.69) is 0 Å². The van der Waals surface area contributed by atoms with Crippen LogP contribution in [0.4, 0.5) is 0 Å². The molecule has 140 valence electrons. The molecule has 0 saturated heterocycles.